The van der Waals surface area contributed by atoms with E-state index in [-0.39, 0.29) is 22.2 Å². The normalized spacial score (nSPS) is 18.2. The van der Waals surface area contributed by atoms with Gasteiger partial charge in [0.15, 0.2) is 5.11 Å². The number of amides is 1. The maximum Gasteiger partial charge on any atom is 0.258 e. The van der Waals surface area contributed by atoms with E-state index < -0.39 is 0 Å². The third kappa shape index (κ3) is 3.77. The van der Waals surface area contributed by atoms with Gasteiger partial charge in [-0.3, -0.25) is 14.9 Å². The van der Waals surface area contributed by atoms with Gasteiger partial charge in [-0.2, -0.15) is 0 Å². The molecular weight excluding hydrogens is 348 g/mol. The summed E-state index contributed by atoms with van der Waals surface area (Å²) in [6.07, 6.45) is 0.731. The Kier molecular flexibility index (Phi) is 4.95. The third-order valence-corrected chi connectivity index (χ3v) is 4.51. The van der Waals surface area contributed by atoms with Crippen LogP contribution in [-0.4, -0.2) is 27.9 Å². The van der Waals surface area contributed by atoms with Gasteiger partial charge >= 0.3 is 0 Å². The topological polar surface area (TPSA) is 58.2 Å². The van der Waals surface area contributed by atoms with E-state index in [4.69, 9.17) is 12.2 Å². The fraction of sp³-hybridized carbons (Fsp3) is 0.250. The van der Waals surface area contributed by atoms with E-state index in [1.165, 1.54) is 11.8 Å². The second-order valence-electron chi connectivity index (χ2n) is 3.92. The lowest BCUT2D eigenvalue weighted by atomic mass is 10.2. The first-order valence-electron chi connectivity index (χ1n) is 5.61. The van der Waals surface area contributed by atoms with E-state index in [9.17, 15) is 9.59 Å². The number of rotatable bonds is 2. The quantitative estimate of drug-likeness (QED) is 0.792. The number of halogens is 1. The van der Waals surface area contributed by atoms with Crippen LogP contribution in [0.5, 0.6) is 0 Å². The van der Waals surface area contributed by atoms with Crippen molar-refractivity contribution in [2.24, 2.45) is 0 Å². The van der Waals surface area contributed by atoms with Gasteiger partial charge in [-0.25, -0.2) is 0 Å². The third-order valence-electron chi connectivity index (χ3n) is 2.59. The molecule has 0 saturated carbocycles. The SMILES string of the molecule is O=C(NC(=S)N[C@H]1CCSC1=O)c1ccccc1Br. The summed E-state index contributed by atoms with van der Waals surface area (Å²) in [4.78, 5) is 23.4. The van der Waals surface area contributed by atoms with Crippen molar-refractivity contribution >= 4 is 56.0 Å². The first-order chi connectivity index (χ1) is 9.08. The van der Waals surface area contributed by atoms with Crippen molar-refractivity contribution in [3.63, 3.8) is 0 Å². The molecule has 1 aliphatic heterocycles. The molecule has 0 aromatic heterocycles. The molecule has 2 rings (SSSR count). The van der Waals surface area contributed by atoms with E-state index in [2.05, 4.69) is 26.6 Å². The second kappa shape index (κ2) is 6.49. The fourth-order valence-corrected chi connectivity index (χ4v) is 3.27. The molecule has 1 heterocycles. The maximum atomic E-state index is 12.0. The summed E-state index contributed by atoms with van der Waals surface area (Å²) >= 11 is 9.63. The van der Waals surface area contributed by atoms with Gasteiger partial charge in [-0.05, 0) is 46.7 Å². The van der Waals surface area contributed by atoms with Crippen LogP contribution in [0.25, 0.3) is 0 Å². The van der Waals surface area contributed by atoms with Crippen molar-refractivity contribution < 1.29 is 9.59 Å². The minimum Gasteiger partial charge on any atom is -0.352 e. The first-order valence-corrected chi connectivity index (χ1v) is 7.79. The molecule has 7 heteroatoms. The zero-order valence-electron chi connectivity index (χ0n) is 9.81. The number of carbonyl (C=O) groups is 2. The zero-order valence-corrected chi connectivity index (χ0v) is 13.0. The van der Waals surface area contributed by atoms with E-state index in [0.29, 0.717) is 10.0 Å². The zero-order chi connectivity index (χ0) is 13.8. The number of hydrogen-bond acceptors (Lipinski definition) is 4. The highest BCUT2D eigenvalue weighted by Gasteiger charge is 2.26. The number of thiocarbonyl (C=S) groups is 1. The lowest BCUT2D eigenvalue weighted by Gasteiger charge is -2.13. The van der Waals surface area contributed by atoms with Crippen LogP contribution in [0.3, 0.4) is 0 Å². The summed E-state index contributed by atoms with van der Waals surface area (Å²) < 4.78 is 0.697. The average Bonchev–Trinajstić information content (AvgIpc) is 2.75. The number of hydrogen-bond donors (Lipinski definition) is 2. The minimum atomic E-state index is -0.303. The molecule has 100 valence electrons. The van der Waals surface area contributed by atoms with Crippen LogP contribution >= 0.6 is 39.9 Å². The van der Waals surface area contributed by atoms with Crippen LogP contribution in [0.1, 0.15) is 16.8 Å². The minimum absolute atomic E-state index is 0.0671. The summed E-state index contributed by atoms with van der Waals surface area (Å²) in [7, 11) is 0. The second-order valence-corrected chi connectivity index (χ2v) is 6.28. The number of thioether (sulfide) groups is 1. The Hall–Kier alpha value is -0.920. The van der Waals surface area contributed by atoms with Crippen molar-refractivity contribution in [3.05, 3.63) is 34.3 Å². The van der Waals surface area contributed by atoms with Crippen molar-refractivity contribution in [3.8, 4) is 0 Å². The van der Waals surface area contributed by atoms with Gasteiger partial charge in [0.2, 0.25) is 5.12 Å². The van der Waals surface area contributed by atoms with Crippen molar-refractivity contribution in [1.82, 2.24) is 10.6 Å². The lowest BCUT2D eigenvalue weighted by Crippen LogP contribution is -2.45. The van der Waals surface area contributed by atoms with Gasteiger partial charge in [0.1, 0.15) is 0 Å². The van der Waals surface area contributed by atoms with Gasteiger partial charge in [0.05, 0.1) is 11.6 Å². The summed E-state index contributed by atoms with van der Waals surface area (Å²) in [6.45, 7) is 0. The van der Waals surface area contributed by atoms with Crippen LogP contribution in [0.4, 0.5) is 0 Å². The maximum absolute atomic E-state index is 12.0. The molecule has 1 saturated heterocycles. The molecule has 1 amide bonds. The number of carbonyl (C=O) groups excluding carboxylic acids is 2. The smallest absolute Gasteiger partial charge is 0.258 e. The molecule has 0 unspecified atom stereocenters. The Morgan fingerprint density at radius 3 is 2.79 bits per heavy atom. The van der Waals surface area contributed by atoms with Crippen molar-refractivity contribution in [2.45, 2.75) is 12.5 Å². The van der Waals surface area contributed by atoms with Gasteiger partial charge in [-0.15, -0.1) is 0 Å². The van der Waals surface area contributed by atoms with Crippen molar-refractivity contribution in [1.29, 1.82) is 0 Å². The van der Waals surface area contributed by atoms with Crippen LogP contribution in [0.2, 0.25) is 0 Å². The van der Waals surface area contributed by atoms with Crippen LogP contribution in [0.15, 0.2) is 28.7 Å². The van der Waals surface area contributed by atoms with E-state index >= 15 is 0 Å². The molecule has 0 aliphatic carbocycles. The molecule has 4 nitrogen and oxygen atoms in total. The molecule has 2 N–H and O–H groups in total. The van der Waals surface area contributed by atoms with Gasteiger partial charge in [-0.1, -0.05) is 23.9 Å². The summed E-state index contributed by atoms with van der Waals surface area (Å²) in [6, 6.07) is 6.78. The van der Waals surface area contributed by atoms with E-state index in [0.717, 1.165) is 12.2 Å². The lowest BCUT2D eigenvalue weighted by molar-refractivity contribution is -0.111. The Bertz CT molecular complexity index is 536. The summed E-state index contributed by atoms with van der Waals surface area (Å²) in [5.74, 6) is 0.486. The molecular formula is C12H11BrN2O2S2. The Labute approximate surface area is 128 Å². The first kappa shape index (κ1) is 14.5. The molecule has 1 aromatic rings. The van der Waals surface area contributed by atoms with E-state index in [1.807, 2.05) is 6.07 Å². The highest BCUT2D eigenvalue weighted by Crippen LogP contribution is 2.19. The Morgan fingerprint density at radius 2 is 2.16 bits per heavy atom. The molecule has 1 aliphatic rings. The molecule has 1 fully saturated rings. The van der Waals surface area contributed by atoms with Crippen molar-refractivity contribution in [2.75, 3.05) is 5.75 Å². The predicted molar refractivity (Wildman–Crippen MR) is 83.2 cm³/mol. The highest BCUT2D eigenvalue weighted by molar-refractivity contribution is 9.10. The summed E-state index contributed by atoms with van der Waals surface area (Å²) in [5.41, 5.74) is 0.499. The summed E-state index contributed by atoms with van der Waals surface area (Å²) in [5, 5.41) is 5.69. The number of nitrogens with one attached hydrogen (secondary N) is 2. The molecule has 0 radical (unpaired) electrons. The predicted octanol–water partition coefficient (Wildman–Crippen LogP) is 2.09. The largest absolute Gasteiger partial charge is 0.352 e. The molecule has 1 atom stereocenters. The Balaban J connectivity index is 1.94. The van der Waals surface area contributed by atoms with Crippen LogP contribution in [0, 0.1) is 0 Å². The standard InChI is InChI=1S/C12H11BrN2O2S2/c13-8-4-2-1-3-7(8)10(16)15-12(18)14-9-5-6-19-11(9)17/h1-4,9H,5-6H2,(H2,14,15,16,18)/t9-/m0/s1. The molecule has 19 heavy (non-hydrogen) atoms. The van der Waals surface area contributed by atoms with Gasteiger partial charge < -0.3 is 5.32 Å². The fourth-order valence-electron chi connectivity index (χ4n) is 1.64. The van der Waals surface area contributed by atoms with Crippen LogP contribution < -0.4 is 10.6 Å². The highest BCUT2D eigenvalue weighted by atomic mass is 79.9. The monoisotopic (exact) mass is 358 g/mol. The van der Waals surface area contributed by atoms with Gasteiger partial charge in [0.25, 0.3) is 5.91 Å². The van der Waals surface area contributed by atoms with Crippen LogP contribution in [-0.2, 0) is 4.79 Å². The van der Waals surface area contributed by atoms with E-state index in [1.54, 1.807) is 18.2 Å². The molecule has 0 spiro atoms. The number of benzene rings is 1. The molecule has 1 aromatic carbocycles. The average molecular weight is 359 g/mol. The molecule has 0 bridgehead atoms. The Morgan fingerprint density at radius 1 is 1.42 bits per heavy atom. The van der Waals surface area contributed by atoms with Gasteiger partial charge in [0, 0.05) is 10.2 Å².